The van der Waals surface area contributed by atoms with Crippen LogP contribution in [0.3, 0.4) is 0 Å². The fraction of sp³-hybridized carbons (Fsp3) is 1.00. The third-order valence-corrected chi connectivity index (χ3v) is 3.68. The number of hydrogen-bond donors (Lipinski definition) is 1. The van der Waals surface area contributed by atoms with Crippen LogP contribution in [0.25, 0.3) is 0 Å². The first kappa shape index (κ1) is 9.47. The fourth-order valence-corrected chi connectivity index (χ4v) is 2.68. The van der Waals surface area contributed by atoms with Gasteiger partial charge in [-0.3, -0.25) is 4.90 Å². The van der Waals surface area contributed by atoms with E-state index in [4.69, 9.17) is 0 Å². The van der Waals surface area contributed by atoms with E-state index in [9.17, 15) is 0 Å². The van der Waals surface area contributed by atoms with Gasteiger partial charge >= 0.3 is 0 Å². The zero-order valence-electron chi connectivity index (χ0n) is 8.97. The van der Waals surface area contributed by atoms with Crippen molar-refractivity contribution in [3.63, 3.8) is 0 Å². The second kappa shape index (κ2) is 3.58. The predicted molar refractivity (Wildman–Crippen MR) is 55.9 cm³/mol. The van der Waals surface area contributed by atoms with Gasteiger partial charge in [-0.25, -0.2) is 0 Å². The van der Waals surface area contributed by atoms with Gasteiger partial charge in [0.1, 0.15) is 0 Å². The molecule has 0 amide bonds. The lowest BCUT2D eigenvalue weighted by molar-refractivity contribution is 0.160. The molecule has 2 aliphatic heterocycles. The molecule has 2 rings (SSSR count). The Labute approximate surface area is 81.7 Å². The Morgan fingerprint density at radius 1 is 1.38 bits per heavy atom. The normalized spacial score (nSPS) is 34.2. The third kappa shape index (κ3) is 2.05. The summed E-state index contributed by atoms with van der Waals surface area (Å²) in [6.45, 7) is 8.58. The maximum atomic E-state index is 3.58. The lowest BCUT2D eigenvalue weighted by atomic mass is 10.0. The van der Waals surface area contributed by atoms with Gasteiger partial charge in [0, 0.05) is 18.1 Å². The molecule has 2 heteroatoms. The molecule has 0 unspecified atom stereocenters. The Hall–Kier alpha value is -0.0800. The lowest BCUT2D eigenvalue weighted by Crippen LogP contribution is -2.45. The first-order chi connectivity index (χ1) is 6.18. The van der Waals surface area contributed by atoms with E-state index in [1.165, 1.54) is 45.3 Å². The van der Waals surface area contributed by atoms with E-state index in [1.807, 2.05) is 0 Å². The zero-order chi connectivity index (χ0) is 9.31. The Bertz CT molecular complexity index is 171. The summed E-state index contributed by atoms with van der Waals surface area (Å²) in [4.78, 5) is 2.66. The number of nitrogens with zero attached hydrogens (tertiary/aromatic N) is 1. The topological polar surface area (TPSA) is 15.3 Å². The van der Waals surface area contributed by atoms with Gasteiger partial charge < -0.3 is 5.32 Å². The molecule has 2 saturated heterocycles. The largest absolute Gasteiger partial charge is 0.313 e. The van der Waals surface area contributed by atoms with Crippen LogP contribution in [0.5, 0.6) is 0 Å². The van der Waals surface area contributed by atoms with Gasteiger partial charge in [-0.15, -0.1) is 0 Å². The molecule has 0 aromatic heterocycles. The summed E-state index contributed by atoms with van der Waals surface area (Å²) in [5.74, 6) is 0. The van der Waals surface area contributed by atoms with Crippen molar-refractivity contribution in [3.8, 4) is 0 Å². The molecule has 13 heavy (non-hydrogen) atoms. The standard InChI is InChI=1S/C11H22N2/c1-11(2)6-4-8-13(11)9-10-5-3-7-12-10/h10,12H,3-9H2,1-2H3/t10-/m1/s1. The van der Waals surface area contributed by atoms with Gasteiger partial charge in [0.2, 0.25) is 0 Å². The van der Waals surface area contributed by atoms with Crippen molar-refractivity contribution in [3.05, 3.63) is 0 Å². The quantitative estimate of drug-likeness (QED) is 0.698. The van der Waals surface area contributed by atoms with Crippen molar-refractivity contribution < 1.29 is 0 Å². The minimum atomic E-state index is 0.463. The highest BCUT2D eigenvalue weighted by molar-refractivity contribution is 4.91. The number of rotatable bonds is 2. The van der Waals surface area contributed by atoms with Crippen LogP contribution in [0.2, 0.25) is 0 Å². The fourth-order valence-electron chi connectivity index (χ4n) is 2.68. The molecule has 2 fully saturated rings. The van der Waals surface area contributed by atoms with Crippen molar-refractivity contribution in [1.82, 2.24) is 10.2 Å². The molecule has 0 radical (unpaired) electrons. The number of likely N-dealkylation sites (tertiary alicyclic amines) is 1. The van der Waals surface area contributed by atoms with E-state index >= 15 is 0 Å². The zero-order valence-corrected chi connectivity index (χ0v) is 8.97. The van der Waals surface area contributed by atoms with E-state index in [0.29, 0.717) is 5.54 Å². The van der Waals surface area contributed by atoms with E-state index < -0.39 is 0 Å². The summed E-state index contributed by atoms with van der Waals surface area (Å²) in [5, 5.41) is 3.58. The second-order valence-electron chi connectivity index (χ2n) is 5.16. The maximum absolute atomic E-state index is 3.58. The first-order valence-electron chi connectivity index (χ1n) is 5.67. The van der Waals surface area contributed by atoms with E-state index in [0.717, 1.165) is 6.04 Å². The van der Waals surface area contributed by atoms with Crippen LogP contribution < -0.4 is 5.32 Å². The molecule has 1 atom stereocenters. The van der Waals surface area contributed by atoms with Crippen LogP contribution in [0.15, 0.2) is 0 Å². The Morgan fingerprint density at radius 3 is 2.77 bits per heavy atom. The minimum absolute atomic E-state index is 0.463. The SMILES string of the molecule is CC1(C)CCCN1C[C@H]1CCCN1. The maximum Gasteiger partial charge on any atom is 0.0195 e. The number of nitrogens with one attached hydrogen (secondary N) is 1. The van der Waals surface area contributed by atoms with Crippen molar-refractivity contribution >= 4 is 0 Å². The molecule has 0 saturated carbocycles. The molecule has 1 N–H and O–H groups in total. The summed E-state index contributed by atoms with van der Waals surface area (Å²) < 4.78 is 0. The van der Waals surface area contributed by atoms with Gasteiger partial charge in [-0.05, 0) is 52.6 Å². The monoisotopic (exact) mass is 182 g/mol. The molecule has 0 aromatic rings. The average Bonchev–Trinajstić information content (AvgIpc) is 2.63. The smallest absolute Gasteiger partial charge is 0.0195 e. The number of hydrogen-bond acceptors (Lipinski definition) is 2. The molecular formula is C11H22N2. The van der Waals surface area contributed by atoms with Crippen molar-refractivity contribution in [2.45, 2.75) is 51.1 Å². The van der Waals surface area contributed by atoms with Gasteiger partial charge in [-0.2, -0.15) is 0 Å². The van der Waals surface area contributed by atoms with Gasteiger partial charge in [-0.1, -0.05) is 0 Å². The van der Waals surface area contributed by atoms with Crippen LogP contribution in [0.4, 0.5) is 0 Å². The molecule has 76 valence electrons. The third-order valence-electron chi connectivity index (χ3n) is 3.68. The Kier molecular flexibility index (Phi) is 2.61. The molecule has 0 spiro atoms. The van der Waals surface area contributed by atoms with Gasteiger partial charge in [0.25, 0.3) is 0 Å². The summed E-state index contributed by atoms with van der Waals surface area (Å²) >= 11 is 0. The van der Waals surface area contributed by atoms with Crippen LogP contribution >= 0.6 is 0 Å². The molecule has 0 bridgehead atoms. The van der Waals surface area contributed by atoms with Crippen LogP contribution in [0, 0.1) is 0 Å². The highest BCUT2D eigenvalue weighted by Gasteiger charge is 2.33. The Balaban J connectivity index is 1.86. The van der Waals surface area contributed by atoms with Crippen LogP contribution in [-0.2, 0) is 0 Å². The van der Waals surface area contributed by atoms with Gasteiger partial charge in [0.05, 0.1) is 0 Å². The van der Waals surface area contributed by atoms with Crippen molar-refractivity contribution in [1.29, 1.82) is 0 Å². The molecular weight excluding hydrogens is 160 g/mol. The molecule has 2 heterocycles. The molecule has 2 aliphatic rings. The summed E-state index contributed by atoms with van der Waals surface area (Å²) in [6, 6.07) is 0.775. The summed E-state index contributed by atoms with van der Waals surface area (Å²) in [6.07, 6.45) is 5.52. The van der Waals surface area contributed by atoms with E-state index in [-0.39, 0.29) is 0 Å². The Morgan fingerprint density at radius 2 is 2.23 bits per heavy atom. The second-order valence-corrected chi connectivity index (χ2v) is 5.16. The minimum Gasteiger partial charge on any atom is -0.313 e. The highest BCUT2D eigenvalue weighted by atomic mass is 15.2. The molecule has 0 aliphatic carbocycles. The highest BCUT2D eigenvalue weighted by Crippen LogP contribution is 2.28. The van der Waals surface area contributed by atoms with E-state index in [1.54, 1.807) is 0 Å². The van der Waals surface area contributed by atoms with Crippen molar-refractivity contribution in [2.75, 3.05) is 19.6 Å². The van der Waals surface area contributed by atoms with Crippen LogP contribution in [0.1, 0.15) is 39.5 Å². The van der Waals surface area contributed by atoms with Crippen LogP contribution in [-0.4, -0.2) is 36.1 Å². The predicted octanol–water partition coefficient (Wildman–Crippen LogP) is 1.61. The molecule has 0 aromatic carbocycles. The lowest BCUT2D eigenvalue weighted by Gasteiger charge is -2.33. The molecule has 2 nitrogen and oxygen atoms in total. The first-order valence-corrected chi connectivity index (χ1v) is 5.67. The summed E-state index contributed by atoms with van der Waals surface area (Å²) in [5.41, 5.74) is 0.463. The average molecular weight is 182 g/mol. The summed E-state index contributed by atoms with van der Waals surface area (Å²) in [7, 11) is 0. The van der Waals surface area contributed by atoms with Gasteiger partial charge in [0.15, 0.2) is 0 Å². The van der Waals surface area contributed by atoms with Crippen molar-refractivity contribution in [2.24, 2.45) is 0 Å². The van der Waals surface area contributed by atoms with E-state index in [2.05, 4.69) is 24.1 Å².